The molecule has 0 heterocycles. The van der Waals surface area contributed by atoms with Gasteiger partial charge in [-0.1, -0.05) is 54.4 Å². The van der Waals surface area contributed by atoms with Crippen LogP contribution in [-0.2, 0) is 9.53 Å². The van der Waals surface area contributed by atoms with Crippen molar-refractivity contribution >= 4 is 5.97 Å². The van der Waals surface area contributed by atoms with Crippen LogP contribution in [0.4, 0.5) is 0 Å². The average molecular weight is 245 g/mol. The van der Waals surface area contributed by atoms with Crippen LogP contribution in [-0.4, -0.2) is 18.6 Å². The number of carbonyl (C=O) groups excluding carboxylic acids is 1. The van der Waals surface area contributed by atoms with Gasteiger partial charge in [-0.25, -0.2) is 0 Å². The zero-order valence-corrected chi connectivity index (χ0v) is 12.5. The lowest BCUT2D eigenvalue weighted by atomic mass is 10.0. The first-order chi connectivity index (χ1) is 8.01. The van der Waals surface area contributed by atoms with E-state index in [4.69, 9.17) is 10.5 Å². The Morgan fingerprint density at radius 3 is 2.00 bits per heavy atom. The molecule has 0 bridgehead atoms. The van der Waals surface area contributed by atoms with Gasteiger partial charge in [-0.05, 0) is 18.3 Å². The highest BCUT2D eigenvalue weighted by atomic mass is 16.5. The van der Waals surface area contributed by atoms with Gasteiger partial charge >= 0.3 is 5.97 Å². The molecule has 0 radical (unpaired) electrons. The molecule has 0 saturated carbocycles. The van der Waals surface area contributed by atoms with Crippen LogP contribution in [0, 0.1) is 11.8 Å². The predicted molar refractivity (Wildman–Crippen MR) is 73.8 cm³/mol. The topological polar surface area (TPSA) is 52.3 Å². The molecule has 0 amide bonds. The molecule has 0 aliphatic carbocycles. The highest BCUT2D eigenvalue weighted by Gasteiger charge is 2.17. The lowest BCUT2D eigenvalue weighted by Crippen LogP contribution is -2.34. The Labute approximate surface area is 107 Å². The monoisotopic (exact) mass is 245 g/mol. The fourth-order valence-corrected chi connectivity index (χ4v) is 1.44. The first-order valence-corrected chi connectivity index (χ1v) is 6.93. The maximum absolute atomic E-state index is 11.5. The van der Waals surface area contributed by atoms with E-state index in [1.54, 1.807) is 0 Å². The second-order valence-corrected chi connectivity index (χ2v) is 4.55. The van der Waals surface area contributed by atoms with E-state index < -0.39 is 6.04 Å². The van der Waals surface area contributed by atoms with Crippen molar-refractivity contribution in [1.29, 1.82) is 0 Å². The molecule has 0 aromatic heterocycles. The fourth-order valence-electron chi connectivity index (χ4n) is 1.44. The lowest BCUT2D eigenvalue weighted by Gasteiger charge is -2.16. The number of esters is 1. The van der Waals surface area contributed by atoms with E-state index in [-0.39, 0.29) is 5.97 Å². The smallest absolute Gasteiger partial charge is 0.322 e. The Bertz CT molecular complexity index is 177. The van der Waals surface area contributed by atoms with Gasteiger partial charge in [0.15, 0.2) is 0 Å². The highest BCUT2D eigenvalue weighted by Crippen LogP contribution is 2.09. The van der Waals surface area contributed by atoms with Crippen LogP contribution in [0.1, 0.15) is 60.8 Å². The number of hydrogen-bond donors (Lipinski definition) is 1. The van der Waals surface area contributed by atoms with Crippen molar-refractivity contribution < 1.29 is 9.53 Å². The van der Waals surface area contributed by atoms with Crippen molar-refractivity contribution in [1.82, 2.24) is 0 Å². The van der Waals surface area contributed by atoms with Crippen molar-refractivity contribution in [2.45, 2.75) is 66.8 Å². The molecule has 1 unspecified atom stereocenters. The summed E-state index contributed by atoms with van der Waals surface area (Å²) in [6.07, 6.45) is 2.79. The van der Waals surface area contributed by atoms with Crippen LogP contribution in [0.2, 0.25) is 0 Å². The van der Waals surface area contributed by atoms with Crippen molar-refractivity contribution in [3.63, 3.8) is 0 Å². The number of rotatable bonds is 7. The molecule has 0 rings (SSSR count). The normalized spacial score (nSPS) is 12.1. The van der Waals surface area contributed by atoms with E-state index in [2.05, 4.69) is 13.8 Å². The maximum Gasteiger partial charge on any atom is 0.322 e. The fraction of sp³-hybridized carbons (Fsp3) is 0.929. The summed E-state index contributed by atoms with van der Waals surface area (Å²) in [7, 11) is 0. The van der Waals surface area contributed by atoms with E-state index in [1.807, 2.05) is 27.7 Å². The summed E-state index contributed by atoms with van der Waals surface area (Å²) in [6, 6.07) is -0.459. The molecule has 0 fully saturated rings. The molecule has 3 heteroatoms. The predicted octanol–water partition coefficient (Wildman–Crippen LogP) is 3.37. The molecule has 0 saturated heterocycles. The number of ether oxygens (including phenoxy) is 1. The number of nitrogens with two attached hydrogens (primary N) is 1. The van der Waals surface area contributed by atoms with Crippen LogP contribution < -0.4 is 5.73 Å². The summed E-state index contributed by atoms with van der Waals surface area (Å²) in [5.74, 6) is 0.650. The van der Waals surface area contributed by atoms with Crippen LogP contribution in [0.25, 0.3) is 0 Å². The molecule has 0 aliphatic heterocycles. The number of hydrogen-bond acceptors (Lipinski definition) is 3. The van der Waals surface area contributed by atoms with Gasteiger partial charge in [0.25, 0.3) is 0 Å². The van der Waals surface area contributed by atoms with Gasteiger partial charge in [0.1, 0.15) is 6.04 Å². The Morgan fingerprint density at radius 1 is 1.18 bits per heavy atom. The van der Waals surface area contributed by atoms with Gasteiger partial charge in [-0.2, -0.15) is 0 Å². The third kappa shape index (κ3) is 10.3. The van der Waals surface area contributed by atoms with Crippen LogP contribution >= 0.6 is 0 Å². The molecular weight excluding hydrogens is 214 g/mol. The molecule has 1 atom stereocenters. The third-order valence-electron chi connectivity index (χ3n) is 2.64. The minimum Gasteiger partial charge on any atom is -0.464 e. The van der Waals surface area contributed by atoms with Gasteiger partial charge in [-0.15, -0.1) is 0 Å². The van der Waals surface area contributed by atoms with Gasteiger partial charge < -0.3 is 10.5 Å². The van der Waals surface area contributed by atoms with Gasteiger partial charge in [-0.3, -0.25) is 4.79 Å². The van der Waals surface area contributed by atoms with Gasteiger partial charge in [0, 0.05) is 0 Å². The second kappa shape index (κ2) is 11.9. The molecule has 104 valence electrons. The zero-order chi connectivity index (χ0) is 13.8. The maximum atomic E-state index is 11.5. The molecule has 0 spiro atoms. The largest absolute Gasteiger partial charge is 0.464 e. The zero-order valence-electron chi connectivity index (χ0n) is 12.5. The van der Waals surface area contributed by atoms with E-state index in [0.717, 1.165) is 12.8 Å². The first kappa shape index (κ1) is 18.8. The Hall–Kier alpha value is -0.570. The Balaban J connectivity index is 0. The molecular formula is C14H31NO2. The Kier molecular flexibility index (Phi) is 13.2. The number of carbonyl (C=O) groups is 1. The standard InChI is InChI=1S/C12H25NO2.C2H6/c1-5-10(6-2)8-15-12(14)11(13)7-9(3)4;1-2/h9-11H,5-8,13H2,1-4H3;1-2H3. The quantitative estimate of drug-likeness (QED) is 0.700. The molecule has 0 aromatic carbocycles. The van der Waals surface area contributed by atoms with Crippen molar-refractivity contribution in [2.24, 2.45) is 17.6 Å². The summed E-state index contributed by atoms with van der Waals surface area (Å²) in [5, 5.41) is 0. The van der Waals surface area contributed by atoms with E-state index in [0.29, 0.717) is 24.9 Å². The lowest BCUT2D eigenvalue weighted by molar-refractivity contribution is -0.147. The Morgan fingerprint density at radius 2 is 1.65 bits per heavy atom. The summed E-state index contributed by atoms with van der Waals surface area (Å²) in [4.78, 5) is 11.5. The van der Waals surface area contributed by atoms with Crippen LogP contribution in [0.5, 0.6) is 0 Å². The van der Waals surface area contributed by atoms with Crippen molar-refractivity contribution in [2.75, 3.05) is 6.61 Å². The molecule has 17 heavy (non-hydrogen) atoms. The highest BCUT2D eigenvalue weighted by molar-refractivity contribution is 5.75. The minimum absolute atomic E-state index is 0.254. The summed E-state index contributed by atoms with van der Waals surface area (Å²) < 4.78 is 5.18. The van der Waals surface area contributed by atoms with E-state index in [9.17, 15) is 4.79 Å². The second-order valence-electron chi connectivity index (χ2n) is 4.55. The minimum atomic E-state index is -0.459. The molecule has 3 nitrogen and oxygen atoms in total. The van der Waals surface area contributed by atoms with Crippen molar-refractivity contribution in [3.05, 3.63) is 0 Å². The van der Waals surface area contributed by atoms with E-state index in [1.165, 1.54) is 0 Å². The van der Waals surface area contributed by atoms with Crippen LogP contribution in [0.3, 0.4) is 0 Å². The average Bonchev–Trinajstić information content (AvgIpc) is 2.31. The van der Waals surface area contributed by atoms with Crippen molar-refractivity contribution in [3.8, 4) is 0 Å². The third-order valence-corrected chi connectivity index (χ3v) is 2.64. The summed E-state index contributed by atoms with van der Waals surface area (Å²) in [6.45, 7) is 12.8. The molecule has 0 aliphatic rings. The molecule has 0 aromatic rings. The van der Waals surface area contributed by atoms with Gasteiger partial charge in [0.05, 0.1) is 6.61 Å². The van der Waals surface area contributed by atoms with Gasteiger partial charge in [0.2, 0.25) is 0 Å². The SMILES string of the molecule is CC.CCC(CC)COC(=O)C(N)CC(C)C. The van der Waals surface area contributed by atoms with Crippen LogP contribution in [0.15, 0.2) is 0 Å². The molecule has 2 N–H and O–H groups in total. The first-order valence-electron chi connectivity index (χ1n) is 6.93. The summed E-state index contributed by atoms with van der Waals surface area (Å²) in [5.41, 5.74) is 5.71. The van der Waals surface area contributed by atoms with E-state index >= 15 is 0 Å². The summed E-state index contributed by atoms with van der Waals surface area (Å²) >= 11 is 0.